The van der Waals surface area contributed by atoms with Crippen molar-refractivity contribution in [1.82, 2.24) is 4.90 Å². The third-order valence-electron chi connectivity index (χ3n) is 7.33. The first-order chi connectivity index (χ1) is 15.6. The van der Waals surface area contributed by atoms with E-state index in [0.717, 1.165) is 34.0 Å². The van der Waals surface area contributed by atoms with Crippen LogP contribution in [-0.4, -0.2) is 34.3 Å². The van der Waals surface area contributed by atoms with Crippen LogP contribution in [0.3, 0.4) is 0 Å². The fourth-order valence-electron chi connectivity index (χ4n) is 5.98. The number of benzene rings is 3. The number of nitrogens with one attached hydrogen (secondary N) is 1. The second-order valence-corrected chi connectivity index (χ2v) is 9.95. The second-order valence-electron chi connectivity index (χ2n) is 8.95. The van der Waals surface area contributed by atoms with Crippen molar-refractivity contribution >= 4 is 29.1 Å². The molecule has 5 heteroatoms. The third kappa shape index (κ3) is 2.61. The Labute approximate surface area is 192 Å². The monoisotopic (exact) mass is 440 g/mol. The molecule has 2 saturated heterocycles. The molecule has 3 aromatic carbocycles. The highest BCUT2D eigenvalue weighted by atomic mass is 32.2. The first-order valence-electron chi connectivity index (χ1n) is 11.0. The van der Waals surface area contributed by atoms with E-state index < -0.39 is 11.5 Å². The molecule has 3 aliphatic heterocycles. The molecule has 0 aliphatic carbocycles. The molecule has 1 N–H and O–H groups in total. The minimum absolute atomic E-state index is 0.0464. The summed E-state index contributed by atoms with van der Waals surface area (Å²) in [5.74, 6) is 1.07. The molecule has 4 atom stereocenters. The number of hydrogen-bond acceptors (Lipinski definition) is 4. The first-order valence-corrected chi connectivity index (χ1v) is 12.2. The molecular formula is C27H24N2O2S. The number of Topliss-reactive ketones (excluding diaryl/α,β-unsaturated/α-hetero) is 1. The van der Waals surface area contributed by atoms with E-state index in [1.807, 2.05) is 85.4 Å². The molecule has 1 spiro atoms. The molecule has 3 aromatic rings. The number of carbonyl (C=O) groups is 2. The maximum absolute atomic E-state index is 14.3. The summed E-state index contributed by atoms with van der Waals surface area (Å²) in [6, 6.07) is 26.1. The van der Waals surface area contributed by atoms with Crippen molar-refractivity contribution in [2.24, 2.45) is 5.92 Å². The van der Waals surface area contributed by atoms with Crippen LogP contribution < -0.4 is 5.32 Å². The van der Waals surface area contributed by atoms with Gasteiger partial charge >= 0.3 is 0 Å². The van der Waals surface area contributed by atoms with E-state index in [-0.39, 0.29) is 23.7 Å². The van der Waals surface area contributed by atoms with Crippen LogP contribution in [0.5, 0.6) is 0 Å². The number of para-hydroxylation sites is 1. The van der Waals surface area contributed by atoms with Gasteiger partial charge in [0.15, 0.2) is 5.78 Å². The predicted octanol–water partition coefficient (Wildman–Crippen LogP) is 4.81. The van der Waals surface area contributed by atoms with Crippen LogP contribution in [0, 0.1) is 12.8 Å². The van der Waals surface area contributed by atoms with Crippen LogP contribution in [0.1, 0.15) is 33.0 Å². The molecule has 2 fully saturated rings. The van der Waals surface area contributed by atoms with E-state index in [4.69, 9.17) is 0 Å². The Morgan fingerprint density at radius 1 is 1.00 bits per heavy atom. The van der Waals surface area contributed by atoms with Gasteiger partial charge in [-0.05, 0) is 18.6 Å². The van der Waals surface area contributed by atoms with Crippen LogP contribution in [-0.2, 0) is 10.3 Å². The molecule has 3 heterocycles. The fourth-order valence-corrected chi connectivity index (χ4v) is 7.30. The van der Waals surface area contributed by atoms with E-state index in [1.54, 1.807) is 0 Å². The quantitative estimate of drug-likeness (QED) is 0.594. The van der Waals surface area contributed by atoms with E-state index in [0.29, 0.717) is 5.56 Å². The Morgan fingerprint density at radius 2 is 1.72 bits per heavy atom. The molecule has 0 aromatic heterocycles. The maximum Gasteiger partial charge on any atom is 0.250 e. The van der Waals surface area contributed by atoms with Gasteiger partial charge in [0.1, 0.15) is 5.54 Å². The van der Waals surface area contributed by atoms with Crippen LogP contribution in [0.2, 0.25) is 0 Å². The van der Waals surface area contributed by atoms with Crippen molar-refractivity contribution in [3.8, 4) is 0 Å². The van der Waals surface area contributed by atoms with Crippen LogP contribution in [0.15, 0.2) is 78.9 Å². The lowest BCUT2D eigenvalue weighted by Gasteiger charge is -2.36. The first kappa shape index (κ1) is 19.8. The summed E-state index contributed by atoms with van der Waals surface area (Å²) in [5.41, 5.74) is 3.68. The number of carbonyl (C=O) groups excluding carboxylic acids is 2. The number of anilines is 1. The van der Waals surface area contributed by atoms with Crippen LogP contribution in [0.4, 0.5) is 5.69 Å². The zero-order valence-electron chi connectivity index (χ0n) is 17.8. The number of thioether (sulfide) groups is 1. The average molecular weight is 441 g/mol. The molecular weight excluding hydrogens is 416 g/mol. The number of nitrogens with zero attached hydrogens (tertiary/aromatic N) is 1. The van der Waals surface area contributed by atoms with Gasteiger partial charge in [0.2, 0.25) is 5.91 Å². The Kier molecular flexibility index (Phi) is 4.52. The zero-order chi connectivity index (χ0) is 21.9. The van der Waals surface area contributed by atoms with E-state index in [9.17, 15) is 9.59 Å². The van der Waals surface area contributed by atoms with Gasteiger partial charge in [-0.2, -0.15) is 0 Å². The van der Waals surface area contributed by atoms with Crippen LogP contribution >= 0.6 is 11.8 Å². The van der Waals surface area contributed by atoms with Crippen molar-refractivity contribution < 1.29 is 9.59 Å². The summed E-state index contributed by atoms with van der Waals surface area (Å²) in [4.78, 5) is 30.4. The van der Waals surface area contributed by atoms with Gasteiger partial charge in [-0.1, -0.05) is 78.4 Å². The molecule has 3 aliphatic rings. The SMILES string of the molecule is Cc1ccc(C(=O)[C@@H]2[C@H](c3ccccc3)[C@@H]3CSCN3[C@@]23C(=O)Nc2ccccc23)cc1. The number of hydrogen-bond donors (Lipinski definition) is 1. The molecule has 6 rings (SSSR count). The van der Waals surface area contributed by atoms with Crippen molar-refractivity contribution in [3.63, 3.8) is 0 Å². The highest BCUT2D eigenvalue weighted by Gasteiger charge is 2.69. The summed E-state index contributed by atoms with van der Waals surface area (Å²) in [6.45, 7) is 2.02. The summed E-state index contributed by atoms with van der Waals surface area (Å²) in [5, 5.41) is 3.12. The zero-order valence-corrected chi connectivity index (χ0v) is 18.6. The maximum atomic E-state index is 14.3. The Hall–Kier alpha value is -2.89. The van der Waals surface area contributed by atoms with Crippen molar-refractivity contribution in [3.05, 3.63) is 101 Å². The summed E-state index contributed by atoms with van der Waals surface area (Å²) >= 11 is 1.85. The number of amides is 1. The lowest BCUT2D eigenvalue weighted by Crippen LogP contribution is -2.52. The second kappa shape index (κ2) is 7.32. The molecule has 0 saturated carbocycles. The lowest BCUT2D eigenvalue weighted by molar-refractivity contribution is -0.127. The highest BCUT2D eigenvalue weighted by molar-refractivity contribution is 7.99. The molecule has 0 bridgehead atoms. The summed E-state index contributed by atoms with van der Waals surface area (Å²) < 4.78 is 0. The Bertz CT molecular complexity index is 1210. The number of rotatable bonds is 3. The standard InChI is InChI=1S/C27H24N2O2S/c1-17-11-13-19(14-12-17)25(30)24-23(18-7-3-2-4-8-18)22-15-32-16-29(22)27(24)20-9-5-6-10-21(20)28-26(27)31/h2-14,22-24H,15-16H2,1H3,(H,28,31)/t22-,23+,24-,27+/m0/s1. The molecule has 1 amide bonds. The van der Waals surface area contributed by atoms with Crippen molar-refractivity contribution in [2.75, 3.05) is 16.9 Å². The van der Waals surface area contributed by atoms with Gasteiger partial charge in [0.25, 0.3) is 0 Å². The summed E-state index contributed by atoms with van der Waals surface area (Å²) in [6.07, 6.45) is 0. The molecule has 0 unspecified atom stereocenters. The molecule has 4 nitrogen and oxygen atoms in total. The third-order valence-corrected chi connectivity index (χ3v) is 8.37. The van der Waals surface area contributed by atoms with Gasteiger partial charge in [0.05, 0.1) is 5.92 Å². The van der Waals surface area contributed by atoms with E-state index in [2.05, 4.69) is 22.3 Å². The molecule has 0 radical (unpaired) electrons. The van der Waals surface area contributed by atoms with Gasteiger partial charge in [-0.3, -0.25) is 14.5 Å². The molecule has 160 valence electrons. The Balaban J connectivity index is 1.61. The van der Waals surface area contributed by atoms with Gasteiger partial charge < -0.3 is 5.32 Å². The molecule has 32 heavy (non-hydrogen) atoms. The average Bonchev–Trinajstić information content (AvgIpc) is 3.48. The van der Waals surface area contributed by atoms with E-state index in [1.165, 1.54) is 0 Å². The number of aryl methyl sites for hydroxylation is 1. The smallest absolute Gasteiger partial charge is 0.250 e. The minimum Gasteiger partial charge on any atom is -0.324 e. The van der Waals surface area contributed by atoms with Crippen molar-refractivity contribution in [2.45, 2.75) is 24.4 Å². The summed E-state index contributed by atoms with van der Waals surface area (Å²) in [7, 11) is 0. The predicted molar refractivity (Wildman–Crippen MR) is 128 cm³/mol. The van der Waals surface area contributed by atoms with Gasteiger partial charge in [0, 0.05) is 40.4 Å². The fraction of sp³-hybridized carbons (Fsp3) is 0.259. The normalized spacial score (nSPS) is 28.5. The van der Waals surface area contributed by atoms with Crippen LogP contribution in [0.25, 0.3) is 0 Å². The number of fused-ring (bicyclic) bond motifs is 4. The van der Waals surface area contributed by atoms with Gasteiger partial charge in [-0.25, -0.2) is 0 Å². The Morgan fingerprint density at radius 3 is 2.50 bits per heavy atom. The van der Waals surface area contributed by atoms with Crippen molar-refractivity contribution in [1.29, 1.82) is 0 Å². The lowest BCUT2D eigenvalue weighted by atomic mass is 9.69. The topological polar surface area (TPSA) is 49.4 Å². The number of ketones is 1. The van der Waals surface area contributed by atoms with Gasteiger partial charge in [-0.15, -0.1) is 11.8 Å². The largest absolute Gasteiger partial charge is 0.324 e. The van der Waals surface area contributed by atoms with E-state index >= 15 is 0 Å². The highest BCUT2D eigenvalue weighted by Crippen LogP contribution is 2.61. The minimum atomic E-state index is -0.993.